The molecule has 1 aromatic rings. The molecular formula is C17H22O3. The Bertz CT molecular complexity index is 479. The Balaban J connectivity index is 1.81. The van der Waals surface area contributed by atoms with Crippen molar-refractivity contribution in [2.24, 2.45) is 0 Å². The zero-order valence-electron chi connectivity index (χ0n) is 12.2. The second-order valence-corrected chi connectivity index (χ2v) is 5.65. The third-order valence-corrected chi connectivity index (χ3v) is 3.31. The summed E-state index contributed by atoms with van der Waals surface area (Å²) in [5.74, 6) is 6.73. The minimum Gasteiger partial charge on any atom is -0.491 e. The van der Waals surface area contributed by atoms with Gasteiger partial charge in [0.05, 0.1) is 18.3 Å². The molecule has 1 saturated heterocycles. The van der Waals surface area contributed by atoms with E-state index >= 15 is 0 Å². The van der Waals surface area contributed by atoms with Crippen LogP contribution in [0.4, 0.5) is 0 Å². The predicted octanol–water partition coefficient (Wildman–Crippen LogP) is 2.76. The van der Waals surface area contributed by atoms with Crippen molar-refractivity contribution in [1.82, 2.24) is 0 Å². The van der Waals surface area contributed by atoms with Crippen molar-refractivity contribution >= 4 is 0 Å². The van der Waals surface area contributed by atoms with Crippen molar-refractivity contribution in [1.29, 1.82) is 0 Å². The van der Waals surface area contributed by atoms with Gasteiger partial charge >= 0.3 is 0 Å². The molecule has 1 aromatic carbocycles. The molecule has 0 amide bonds. The van der Waals surface area contributed by atoms with Crippen LogP contribution in [0.3, 0.4) is 0 Å². The number of aliphatic hydroxyl groups excluding tert-OH is 1. The van der Waals surface area contributed by atoms with E-state index in [0.717, 1.165) is 24.2 Å². The summed E-state index contributed by atoms with van der Waals surface area (Å²) in [4.78, 5) is 0. The molecule has 0 saturated carbocycles. The summed E-state index contributed by atoms with van der Waals surface area (Å²) in [6.07, 6.45) is 2.83. The van der Waals surface area contributed by atoms with Crippen molar-refractivity contribution in [3.63, 3.8) is 0 Å². The normalized spacial score (nSPS) is 20.2. The van der Waals surface area contributed by atoms with Crippen molar-refractivity contribution < 1.29 is 14.6 Å². The average Bonchev–Trinajstić information content (AvgIpc) is 2.78. The van der Waals surface area contributed by atoms with Gasteiger partial charge in [0.15, 0.2) is 0 Å². The fraction of sp³-hybridized carbons (Fsp3) is 0.529. The molecule has 0 radical (unpaired) electrons. The maximum Gasteiger partial charge on any atom is 0.119 e. The van der Waals surface area contributed by atoms with Crippen molar-refractivity contribution in [3.05, 3.63) is 29.8 Å². The van der Waals surface area contributed by atoms with Crippen LogP contribution in [-0.4, -0.2) is 30.0 Å². The second kappa shape index (κ2) is 6.78. The largest absolute Gasteiger partial charge is 0.491 e. The molecule has 108 valence electrons. The summed E-state index contributed by atoms with van der Waals surface area (Å²) < 4.78 is 11.6. The van der Waals surface area contributed by atoms with E-state index in [1.807, 2.05) is 24.3 Å². The number of hydrogen-bond donors (Lipinski definition) is 1. The first-order valence-electron chi connectivity index (χ1n) is 7.09. The van der Waals surface area contributed by atoms with Gasteiger partial charge in [-0.3, -0.25) is 0 Å². The summed E-state index contributed by atoms with van der Waals surface area (Å²) >= 11 is 0. The lowest BCUT2D eigenvalue weighted by molar-refractivity contribution is -0.0326. The van der Waals surface area contributed by atoms with E-state index in [9.17, 15) is 0 Å². The van der Waals surface area contributed by atoms with E-state index in [-0.39, 0.29) is 18.3 Å². The highest BCUT2D eigenvalue weighted by atomic mass is 16.6. The van der Waals surface area contributed by atoms with Crippen LogP contribution in [-0.2, 0) is 4.74 Å². The van der Waals surface area contributed by atoms with Gasteiger partial charge in [-0.25, -0.2) is 0 Å². The summed E-state index contributed by atoms with van der Waals surface area (Å²) in [5.41, 5.74) is 0.921. The van der Waals surface area contributed by atoms with Gasteiger partial charge in [0.2, 0.25) is 0 Å². The van der Waals surface area contributed by atoms with Gasteiger partial charge in [-0.05, 0) is 51.0 Å². The molecule has 3 heteroatoms. The number of ether oxygens (including phenoxy) is 2. The molecule has 1 N–H and O–H groups in total. The van der Waals surface area contributed by atoms with Crippen LogP contribution in [0.1, 0.15) is 38.7 Å². The average molecular weight is 274 g/mol. The smallest absolute Gasteiger partial charge is 0.119 e. The molecule has 3 nitrogen and oxygen atoms in total. The molecule has 1 fully saturated rings. The topological polar surface area (TPSA) is 38.7 Å². The molecule has 0 aliphatic carbocycles. The number of benzene rings is 1. The highest BCUT2D eigenvalue weighted by Crippen LogP contribution is 2.29. The first kappa shape index (κ1) is 14.9. The van der Waals surface area contributed by atoms with Gasteiger partial charge in [-0.15, -0.1) is 0 Å². The SMILES string of the molecule is CC1(C)CCC(COc2ccc(C#CCCO)cc2)O1. The molecule has 1 atom stereocenters. The van der Waals surface area contributed by atoms with Gasteiger partial charge in [0, 0.05) is 12.0 Å². The van der Waals surface area contributed by atoms with Gasteiger partial charge in [0.25, 0.3) is 0 Å². The number of aliphatic hydroxyl groups is 1. The lowest BCUT2D eigenvalue weighted by Crippen LogP contribution is -2.23. The van der Waals surface area contributed by atoms with E-state index < -0.39 is 0 Å². The number of rotatable bonds is 4. The fourth-order valence-corrected chi connectivity index (χ4v) is 2.24. The lowest BCUT2D eigenvalue weighted by Gasteiger charge is -2.19. The van der Waals surface area contributed by atoms with Crippen LogP contribution in [0.5, 0.6) is 5.75 Å². The zero-order valence-corrected chi connectivity index (χ0v) is 12.2. The number of hydrogen-bond acceptors (Lipinski definition) is 3. The van der Waals surface area contributed by atoms with E-state index in [2.05, 4.69) is 25.7 Å². The van der Waals surface area contributed by atoms with E-state index in [1.54, 1.807) is 0 Å². The Kier molecular flexibility index (Phi) is 5.05. The van der Waals surface area contributed by atoms with Crippen molar-refractivity contribution in [2.45, 2.75) is 44.8 Å². The van der Waals surface area contributed by atoms with Gasteiger partial charge < -0.3 is 14.6 Å². The summed E-state index contributed by atoms with van der Waals surface area (Å²) in [7, 11) is 0. The quantitative estimate of drug-likeness (QED) is 0.858. The van der Waals surface area contributed by atoms with Crippen LogP contribution in [0.2, 0.25) is 0 Å². The first-order chi connectivity index (χ1) is 9.59. The highest BCUT2D eigenvalue weighted by molar-refractivity contribution is 5.38. The third-order valence-electron chi connectivity index (χ3n) is 3.31. The monoisotopic (exact) mass is 274 g/mol. The molecular weight excluding hydrogens is 252 g/mol. The second-order valence-electron chi connectivity index (χ2n) is 5.65. The Morgan fingerprint density at radius 1 is 1.35 bits per heavy atom. The Labute approximate surface area is 120 Å². The van der Waals surface area contributed by atoms with E-state index in [4.69, 9.17) is 14.6 Å². The maximum atomic E-state index is 8.66. The minimum atomic E-state index is -0.0137. The third kappa shape index (κ3) is 4.56. The Hall–Kier alpha value is -1.50. The molecule has 0 bridgehead atoms. The summed E-state index contributed by atoms with van der Waals surface area (Å²) in [6, 6.07) is 7.70. The molecule has 1 heterocycles. The van der Waals surface area contributed by atoms with Crippen LogP contribution >= 0.6 is 0 Å². The van der Waals surface area contributed by atoms with Crippen molar-refractivity contribution in [2.75, 3.05) is 13.2 Å². The predicted molar refractivity (Wildman–Crippen MR) is 78.7 cm³/mol. The van der Waals surface area contributed by atoms with E-state index in [0.29, 0.717) is 13.0 Å². The van der Waals surface area contributed by atoms with Crippen molar-refractivity contribution in [3.8, 4) is 17.6 Å². The van der Waals surface area contributed by atoms with Crippen LogP contribution < -0.4 is 4.74 Å². The molecule has 1 unspecified atom stereocenters. The molecule has 1 aliphatic rings. The Morgan fingerprint density at radius 2 is 2.10 bits per heavy atom. The molecule has 0 spiro atoms. The maximum absolute atomic E-state index is 8.66. The molecule has 2 rings (SSSR count). The van der Waals surface area contributed by atoms with Crippen LogP contribution in [0.25, 0.3) is 0 Å². The fourth-order valence-electron chi connectivity index (χ4n) is 2.24. The van der Waals surface area contributed by atoms with Gasteiger partial charge in [-0.2, -0.15) is 0 Å². The molecule has 0 aromatic heterocycles. The zero-order chi connectivity index (χ0) is 14.4. The molecule has 20 heavy (non-hydrogen) atoms. The van der Waals surface area contributed by atoms with Crippen LogP contribution in [0, 0.1) is 11.8 Å². The molecule has 1 aliphatic heterocycles. The highest BCUT2D eigenvalue weighted by Gasteiger charge is 2.31. The standard InChI is InChI=1S/C17H22O3/c1-17(2)11-10-16(20-17)13-19-15-8-6-14(7-9-15)5-3-4-12-18/h6-9,16,18H,4,10-13H2,1-2H3. The summed E-state index contributed by atoms with van der Waals surface area (Å²) in [6.45, 7) is 4.94. The lowest BCUT2D eigenvalue weighted by atomic mass is 10.1. The Morgan fingerprint density at radius 3 is 2.70 bits per heavy atom. The van der Waals surface area contributed by atoms with Gasteiger partial charge in [-0.1, -0.05) is 11.8 Å². The van der Waals surface area contributed by atoms with Gasteiger partial charge in [0.1, 0.15) is 12.4 Å². The minimum absolute atomic E-state index is 0.0137. The van der Waals surface area contributed by atoms with Crippen LogP contribution in [0.15, 0.2) is 24.3 Å². The summed E-state index contributed by atoms with van der Waals surface area (Å²) in [5, 5.41) is 8.66. The first-order valence-corrected chi connectivity index (χ1v) is 7.09. The van der Waals surface area contributed by atoms with E-state index in [1.165, 1.54) is 0 Å².